The number of benzene rings is 1. The number of nitrogens with zero attached hydrogens (tertiary/aromatic N) is 1. The van der Waals surface area contributed by atoms with Crippen molar-refractivity contribution in [1.29, 1.82) is 0 Å². The molecule has 1 heterocycles. The summed E-state index contributed by atoms with van der Waals surface area (Å²) in [5.74, 6) is -2.13. The van der Waals surface area contributed by atoms with Crippen molar-refractivity contribution in [2.45, 2.75) is 25.1 Å². The monoisotopic (exact) mass is 313 g/mol. The van der Waals surface area contributed by atoms with Gasteiger partial charge in [0.15, 0.2) is 0 Å². The van der Waals surface area contributed by atoms with Crippen LogP contribution in [0.15, 0.2) is 36.4 Å². The normalized spacial score (nSPS) is 19.3. The zero-order chi connectivity index (χ0) is 16.3. The van der Waals surface area contributed by atoms with Gasteiger partial charge in [0, 0.05) is 12.6 Å². The van der Waals surface area contributed by atoms with E-state index in [2.05, 4.69) is 0 Å². The van der Waals surface area contributed by atoms with Gasteiger partial charge >= 0.3 is 12.1 Å². The minimum Gasteiger partial charge on any atom is -0.480 e. The maximum absolute atomic E-state index is 13.2. The van der Waals surface area contributed by atoms with Crippen molar-refractivity contribution in [3.8, 4) is 0 Å². The Balaban J connectivity index is 2.34. The lowest BCUT2D eigenvalue weighted by Crippen LogP contribution is -2.39. The van der Waals surface area contributed by atoms with Gasteiger partial charge < -0.3 is 10.0 Å². The van der Waals surface area contributed by atoms with Crippen LogP contribution >= 0.6 is 0 Å². The molecule has 0 radical (unpaired) electrons. The number of hydrogen-bond acceptors (Lipinski definition) is 2. The number of alkyl halides is 3. The molecule has 1 N–H and O–H groups in total. The lowest BCUT2D eigenvalue weighted by molar-refractivity contribution is -0.146. The molecule has 0 bridgehead atoms. The Morgan fingerprint density at radius 2 is 1.86 bits per heavy atom. The summed E-state index contributed by atoms with van der Waals surface area (Å²) in [5.41, 5.74) is -1.21. The van der Waals surface area contributed by atoms with Gasteiger partial charge in [-0.25, -0.2) is 4.79 Å². The van der Waals surface area contributed by atoms with Crippen LogP contribution in [0, 0.1) is 0 Å². The van der Waals surface area contributed by atoms with Crippen molar-refractivity contribution in [3.63, 3.8) is 0 Å². The number of aliphatic carboxylic acids is 1. The van der Waals surface area contributed by atoms with Crippen LogP contribution < -0.4 is 0 Å². The van der Waals surface area contributed by atoms with Crippen LogP contribution in [0.2, 0.25) is 0 Å². The predicted octanol–water partition coefficient (Wildman–Crippen LogP) is 2.71. The van der Waals surface area contributed by atoms with E-state index in [1.807, 2.05) is 0 Å². The van der Waals surface area contributed by atoms with Crippen LogP contribution in [0.25, 0.3) is 5.57 Å². The third-order valence-electron chi connectivity index (χ3n) is 3.48. The highest BCUT2D eigenvalue weighted by Gasteiger charge is 2.38. The van der Waals surface area contributed by atoms with E-state index >= 15 is 0 Å². The fourth-order valence-electron chi connectivity index (χ4n) is 2.44. The second kappa shape index (κ2) is 6.21. The topological polar surface area (TPSA) is 57.6 Å². The average Bonchev–Trinajstić information content (AvgIpc) is 2.94. The van der Waals surface area contributed by atoms with E-state index in [0.717, 1.165) is 4.90 Å². The summed E-state index contributed by atoms with van der Waals surface area (Å²) in [7, 11) is 0. The van der Waals surface area contributed by atoms with Gasteiger partial charge in [0.1, 0.15) is 6.04 Å². The highest BCUT2D eigenvalue weighted by atomic mass is 19.4. The van der Waals surface area contributed by atoms with Crippen molar-refractivity contribution in [3.05, 3.63) is 42.0 Å². The molecule has 0 aliphatic carbocycles. The van der Waals surface area contributed by atoms with Crippen molar-refractivity contribution >= 4 is 17.4 Å². The smallest absolute Gasteiger partial charge is 0.417 e. The summed E-state index contributed by atoms with van der Waals surface area (Å²) < 4.78 is 39.5. The average molecular weight is 313 g/mol. The molecule has 1 saturated heterocycles. The van der Waals surface area contributed by atoms with Crippen molar-refractivity contribution in [2.24, 2.45) is 0 Å². The van der Waals surface area contributed by atoms with Crippen molar-refractivity contribution < 1.29 is 27.9 Å². The summed E-state index contributed by atoms with van der Waals surface area (Å²) in [6.07, 6.45) is -3.50. The van der Waals surface area contributed by atoms with E-state index in [1.54, 1.807) is 6.07 Å². The van der Waals surface area contributed by atoms with Crippen molar-refractivity contribution in [1.82, 2.24) is 4.90 Å². The molecule has 1 fully saturated rings. The molecule has 1 atom stereocenters. The number of carbonyl (C=O) groups excluding carboxylic acids is 1. The Morgan fingerprint density at radius 1 is 1.23 bits per heavy atom. The molecular formula is C15H14F3NO3. The molecule has 0 saturated carbocycles. The number of likely N-dealkylation sites (tertiary alicyclic amines) is 1. The maximum Gasteiger partial charge on any atom is 0.417 e. The number of allylic oxidation sites excluding steroid dienone is 1. The predicted molar refractivity (Wildman–Crippen MR) is 72.8 cm³/mol. The second-order valence-corrected chi connectivity index (χ2v) is 4.95. The number of halogens is 3. The summed E-state index contributed by atoms with van der Waals surface area (Å²) in [6, 6.07) is 5.90. The summed E-state index contributed by atoms with van der Waals surface area (Å²) in [4.78, 5) is 24.1. The van der Waals surface area contributed by atoms with Crippen LogP contribution in [0.1, 0.15) is 18.4 Å². The first-order chi connectivity index (χ1) is 10.3. The molecule has 4 nitrogen and oxygen atoms in total. The number of carboxylic acids is 1. The van der Waals surface area contributed by atoms with Crippen LogP contribution in [0.5, 0.6) is 0 Å². The number of amides is 1. The van der Waals surface area contributed by atoms with Gasteiger partial charge in [-0.05, 0) is 18.4 Å². The number of hydrogen-bond donors (Lipinski definition) is 1. The molecular weight excluding hydrogens is 299 g/mol. The van der Waals surface area contributed by atoms with E-state index in [1.165, 1.54) is 24.3 Å². The van der Waals surface area contributed by atoms with E-state index in [4.69, 9.17) is 5.11 Å². The quantitative estimate of drug-likeness (QED) is 0.873. The van der Waals surface area contributed by atoms with Gasteiger partial charge in [-0.15, -0.1) is 0 Å². The lowest BCUT2D eigenvalue weighted by atomic mass is 10.0. The number of carboxylic acid groups (broad SMARTS) is 1. The van der Waals surface area contributed by atoms with Gasteiger partial charge in [0.25, 0.3) is 0 Å². The molecule has 1 aliphatic heterocycles. The molecule has 1 aromatic carbocycles. The van der Waals surface area contributed by atoms with Crippen LogP contribution in [-0.4, -0.2) is 40.6 Å². The van der Waals surface area contributed by atoms with Gasteiger partial charge in [-0.3, -0.25) is 4.79 Å². The van der Waals surface area contributed by atoms with E-state index < -0.39 is 29.7 Å². The molecule has 1 unspecified atom stereocenters. The minimum atomic E-state index is -4.70. The standard InChI is InChI=1S/C15H14F3NO3/c16-15(17,18)11(10-5-2-1-3-6-10)9-13(20)19-8-4-7-12(19)14(21)22/h1-3,5-6,9,12H,4,7-8H2,(H,21,22). The summed E-state index contributed by atoms with van der Waals surface area (Å²) in [6.45, 7) is 0.145. The SMILES string of the molecule is O=C(O)C1CCCN1C(=O)C=C(c1ccccc1)C(F)(F)F. The van der Waals surface area contributed by atoms with E-state index in [9.17, 15) is 22.8 Å². The second-order valence-electron chi connectivity index (χ2n) is 4.95. The van der Waals surface area contributed by atoms with Gasteiger partial charge in [-0.2, -0.15) is 13.2 Å². The fraction of sp³-hybridized carbons (Fsp3) is 0.333. The Hall–Kier alpha value is -2.31. The largest absolute Gasteiger partial charge is 0.480 e. The Kier molecular flexibility index (Phi) is 4.54. The molecule has 118 valence electrons. The van der Waals surface area contributed by atoms with Gasteiger partial charge in [0.05, 0.1) is 5.57 Å². The first-order valence-electron chi connectivity index (χ1n) is 6.68. The fourth-order valence-corrected chi connectivity index (χ4v) is 2.44. The van der Waals surface area contributed by atoms with Crippen LogP contribution in [-0.2, 0) is 9.59 Å². The first-order valence-corrected chi connectivity index (χ1v) is 6.68. The minimum absolute atomic E-state index is 0.130. The Morgan fingerprint density at radius 3 is 2.41 bits per heavy atom. The summed E-state index contributed by atoms with van der Waals surface area (Å²) in [5, 5.41) is 9.01. The number of rotatable bonds is 3. The molecule has 1 aromatic rings. The maximum atomic E-state index is 13.2. The third kappa shape index (κ3) is 3.47. The summed E-state index contributed by atoms with van der Waals surface area (Å²) >= 11 is 0. The molecule has 0 spiro atoms. The number of carbonyl (C=O) groups is 2. The highest BCUT2D eigenvalue weighted by molar-refractivity contribution is 5.98. The molecule has 22 heavy (non-hydrogen) atoms. The van der Waals surface area contributed by atoms with Gasteiger partial charge in [0.2, 0.25) is 5.91 Å². The van der Waals surface area contributed by atoms with Crippen LogP contribution in [0.3, 0.4) is 0 Å². The highest BCUT2D eigenvalue weighted by Crippen LogP contribution is 2.34. The molecule has 0 aromatic heterocycles. The molecule has 7 heteroatoms. The van der Waals surface area contributed by atoms with E-state index in [0.29, 0.717) is 12.5 Å². The van der Waals surface area contributed by atoms with Crippen LogP contribution in [0.4, 0.5) is 13.2 Å². The van der Waals surface area contributed by atoms with E-state index in [-0.39, 0.29) is 18.5 Å². The Labute approximate surface area is 124 Å². The van der Waals surface area contributed by atoms with Gasteiger partial charge in [-0.1, -0.05) is 30.3 Å². The Bertz CT molecular complexity index is 596. The zero-order valence-electron chi connectivity index (χ0n) is 11.5. The third-order valence-corrected chi connectivity index (χ3v) is 3.48. The lowest BCUT2D eigenvalue weighted by Gasteiger charge is -2.21. The molecule has 1 aliphatic rings. The molecule has 1 amide bonds. The zero-order valence-corrected chi connectivity index (χ0v) is 11.5. The van der Waals surface area contributed by atoms with Crippen molar-refractivity contribution in [2.75, 3.05) is 6.54 Å². The molecule has 2 rings (SSSR count). The first kappa shape index (κ1) is 16.1.